The largest absolute Gasteiger partial charge is 0.570 e. The molecule has 1 unspecified atom stereocenters. The zero-order valence-electron chi connectivity index (χ0n) is 11.1. The quantitative estimate of drug-likeness (QED) is 0.485. The molecule has 0 aromatic carbocycles. The molecule has 19 heavy (non-hydrogen) atoms. The van der Waals surface area contributed by atoms with Crippen molar-refractivity contribution in [1.82, 2.24) is 5.32 Å². The first-order chi connectivity index (χ1) is 8.68. The minimum Gasteiger partial charge on any atom is -0.469 e. The summed E-state index contributed by atoms with van der Waals surface area (Å²) in [4.78, 5) is 41.5. The van der Waals surface area contributed by atoms with Gasteiger partial charge in [0.05, 0.1) is 13.5 Å². The van der Waals surface area contributed by atoms with Gasteiger partial charge >= 0.3 is 14.1 Å². The standard InChI is InChI=1S/C10H18NO7P/c1-10(2)6-17-19(14,15)18-8(10)9(13)11-5-4-7(12)16-3/h8,14-15H,4-6H2,1-3H3/p+1. The highest BCUT2D eigenvalue weighted by Gasteiger charge is 2.56. The number of hydrogen-bond donors (Lipinski definition) is 3. The van der Waals surface area contributed by atoms with E-state index >= 15 is 0 Å². The molecule has 0 aromatic rings. The molecule has 1 atom stereocenters. The van der Waals surface area contributed by atoms with E-state index in [0.29, 0.717) is 0 Å². The van der Waals surface area contributed by atoms with Crippen LogP contribution in [0.5, 0.6) is 0 Å². The lowest BCUT2D eigenvalue weighted by atomic mass is 9.87. The Labute approximate surface area is 111 Å². The lowest BCUT2D eigenvalue weighted by molar-refractivity contribution is -0.144. The van der Waals surface area contributed by atoms with Crippen LogP contribution in [0, 0.1) is 5.41 Å². The van der Waals surface area contributed by atoms with Gasteiger partial charge in [-0.1, -0.05) is 13.8 Å². The topological polar surface area (TPSA) is 114 Å². The number of nitrogens with one attached hydrogen (secondary N) is 1. The van der Waals surface area contributed by atoms with E-state index in [-0.39, 0.29) is 19.6 Å². The summed E-state index contributed by atoms with van der Waals surface area (Å²) >= 11 is 0. The molecule has 110 valence electrons. The van der Waals surface area contributed by atoms with Gasteiger partial charge in [0.1, 0.15) is 6.61 Å². The number of methoxy groups -OCH3 is 1. The molecule has 0 bridgehead atoms. The lowest BCUT2D eigenvalue weighted by Crippen LogP contribution is -2.50. The zero-order valence-corrected chi connectivity index (χ0v) is 12.0. The Morgan fingerprint density at radius 3 is 2.68 bits per heavy atom. The summed E-state index contributed by atoms with van der Waals surface area (Å²) in [5.74, 6) is -0.969. The van der Waals surface area contributed by atoms with Crippen LogP contribution in [0.3, 0.4) is 0 Å². The first-order valence-corrected chi connectivity index (χ1v) is 7.23. The highest BCUT2D eigenvalue weighted by atomic mass is 31.2. The number of amides is 1. The second-order valence-corrected chi connectivity index (χ2v) is 6.31. The summed E-state index contributed by atoms with van der Waals surface area (Å²) in [5, 5.41) is 2.49. The lowest BCUT2D eigenvalue weighted by Gasteiger charge is -2.34. The Balaban J connectivity index is 2.55. The van der Waals surface area contributed by atoms with E-state index in [2.05, 4.69) is 10.1 Å². The number of rotatable bonds is 4. The zero-order chi connectivity index (χ0) is 14.7. The summed E-state index contributed by atoms with van der Waals surface area (Å²) in [6, 6.07) is 0. The van der Waals surface area contributed by atoms with Crippen LogP contribution in [-0.2, 0) is 23.4 Å². The number of ether oxygens (including phenoxy) is 1. The van der Waals surface area contributed by atoms with Gasteiger partial charge in [-0.3, -0.25) is 9.59 Å². The van der Waals surface area contributed by atoms with E-state index in [1.165, 1.54) is 7.11 Å². The van der Waals surface area contributed by atoms with Gasteiger partial charge in [0.15, 0.2) is 6.10 Å². The predicted octanol–water partition coefficient (Wildman–Crippen LogP) is -0.231. The summed E-state index contributed by atoms with van der Waals surface area (Å²) in [6.45, 7) is 3.49. The molecule has 1 aliphatic heterocycles. The molecule has 0 aliphatic carbocycles. The second-order valence-electron chi connectivity index (χ2n) is 4.86. The van der Waals surface area contributed by atoms with E-state index < -0.39 is 31.6 Å². The minimum atomic E-state index is -3.94. The normalized spacial score (nSPS) is 24.6. The molecule has 1 amide bonds. The van der Waals surface area contributed by atoms with Crippen molar-refractivity contribution < 1.29 is 33.2 Å². The smallest absolute Gasteiger partial charge is 0.469 e. The number of hydrogen-bond acceptors (Lipinski definition) is 7. The van der Waals surface area contributed by atoms with Gasteiger partial charge in [-0.2, -0.15) is 14.3 Å². The van der Waals surface area contributed by atoms with Gasteiger partial charge < -0.3 is 10.1 Å². The molecular weight excluding hydrogens is 277 g/mol. The third-order valence-electron chi connectivity index (χ3n) is 2.65. The van der Waals surface area contributed by atoms with Crippen molar-refractivity contribution in [3.05, 3.63) is 0 Å². The molecular formula is C10H19NO7P+. The third kappa shape index (κ3) is 4.67. The minimum absolute atomic E-state index is 0.0110. The molecule has 1 rings (SSSR count). The number of esters is 1. The Morgan fingerprint density at radius 2 is 2.11 bits per heavy atom. The fourth-order valence-electron chi connectivity index (χ4n) is 1.52. The van der Waals surface area contributed by atoms with Crippen LogP contribution in [0.1, 0.15) is 20.3 Å². The van der Waals surface area contributed by atoms with Gasteiger partial charge in [0.25, 0.3) is 5.91 Å². The SMILES string of the molecule is COC(=O)CCNC(=O)C1O[P+](O)(O)OCC1(C)C. The van der Waals surface area contributed by atoms with Crippen LogP contribution in [-0.4, -0.2) is 48.0 Å². The Bertz CT molecular complexity index is 358. The summed E-state index contributed by atoms with van der Waals surface area (Å²) in [7, 11) is -2.68. The molecule has 0 radical (unpaired) electrons. The maximum Gasteiger partial charge on any atom is 0.570 e. The molecule has 1 aliphatic rings. The van der Waals surface area contributed by atoms with Crippen LogP contribution < -0.4 is 5.32 Å². The Kier molecular flexibility index (Phi) is 5.23. The van der Waals surface area contributed by atoms with Gasteiger partial charge in [-0.15, -0.1) is 4.52 Å². The average molecular weight is 296 g/mol. The Hall–Kier alpha value is -0.790. The van der Waals surface area contributed by atoms with Gasteiger partial charge in [-0.05, 0) is 0 Å². The predicted molar refractivity (Wildman–Crippen MR) is 65.6 cm³/mol. The monoisotopic (exact) mass is 296 g/mol. The first kappa shape index (κ1) is 16.3. The molecule has 3 N–H and O–H groups in total. The van der Waals surface area contributed by atoms with Crippen LogP contribution >= 0.6 is 8.17 Å². The average Bonchev–Trinajstić information content (AvgIpc) is 2.32. The van der Waals surface area contributed by atoms with Gasteiger partial charge in [-0.25, -0.2) is 0 Å². The first-order valence-electron chi connectivity index (χ1n) is 5.70. The molecule has 0 saturated carbocycles. The summed E-state index contributed by atoms with van der Waals surface area (Å²) in [5.41, 5.74) is -0.704. The van der Waals surface area contributed by atoms with E-state index in [0.717, 1.165) is 0 Å². The fourth-order valence-corrected chi connectivity index (χ4v) is 2.74. The molecule has 1 fully saturated rings. The van der Waals surface area contributed by atoms with Crippen molar-refractivity contribution in [2.24, 2.45) is 5.41 Å². The summed E-state index contributed by atoms with van der Waals surface area (Å²) in [6.07, 6.45) is -1.02. The number of carbonyl (C=O) groups is 2. The molecule has 9 heteroatoms. The molecule has 8 nitrogen and oxygen atoms in total. The fraction of sp³-hybridized carbons (Fsp3) is 0.800. The van der Waals surface area contributed by atoms with E-state index in [4.69, 9.17) is 9.05 Å². The van der Waals surface area contributed by atoms with E-state index in [1.54, 1.807) is 13.8 Å². The highest BCUT2D eigenvalue weighted by molar-refractivity contribution is 7.54. The maximum absolute atomic E-state index is 11.9. The van der Waals surface area contributed by atoms with Crippen LogP contribution in [0.2, 0.25) is 0 Å². The van der Waals surface area contributed by atoms with Crippen LogP contribution in [0.25, 0.3) is 0 Å². The van der Waals surface area contributed by atoms with Crippen LogP contribution in [0.4, 0.5) is 0 Å². The second kappa shape index (κ2) is 6.11. The molecule has 0 aromatic heterocycles. The summed E-state index contributed by atoms with van der Waals surface area (Å²) < 4.78 is 14.1. The van der Waals surface area contributed by atoms with Crippen molar-refractivity contribution in [3.8, 4) is 0 Å². The van der Waals surface area contributed by atoms with Crippen molar-refractivity contribution in [2.45, 2.75) is 26.4 Å². The highest BCUT2D eigenvalue weighted by Crippen LogP contribution is 2.59. The van der Waals surface area contributed by atoms with Crippen molar-refractivity contribution in [1.29, 1.82) is 0 Å². The Morgan fingerprint density at radius 1 is 1.47 bits per heavy atom. The maximum atomic E-state index is 11.9. The van der Waals surface area contributed by atoms with Gasteiger partial charge in [0.2, 0.25) is 0 Å². The van der Waals surface area contributed by atoms with Crippen molar-refractivity contribution in [3.63, 3.8) is 0 Å². The molecule has 1 heterocycles. The number of carbonyl (C=O) groups excluding carboxylic acids is 2. The van der Waals surface area contributed by atoms with E-state index in [1.807, 2.05) is 0 Å². The molecule has 0 spiro atoms. The van der Waals surface area contributed by atoms with Crippen molar-refractivity contribution in [2.75, 3.05) is 20.3 Å². The van der Waals surface area contributed by atoms with Crippen LogP contribution in [0.15, 0.2) is 0 Å². The molecule has 1 saturated heterocycles. The van der Waals surface area contributed by atoms with E-state index in [9.17, 15) is 19.4 Å². The third-order valence-corrected chi connectivity index (χ3v) is 3.60. The van der Waals surface area contributed by atoms with Crippen molar-refractivity contribution >= 4 is 20.0 Å². The van der Waals surface area contributed by atoms with Gasteiger partial charge in [0, 0.05) is 12.0 Å².